The van der Waals surface area contributed by atoms with Crippen LogP contribution in [-0.2, 0) is 4.79 Å². The Balaban J connectivity index is 2.05. The third-order valence-corrected chi connectivity index (χ3v) is 5.00. The second kappa shape index (κ2) is 6.87. The van der Waals surface area contributed by atoms with Crippen molar-refractivity contribution in [2.24, 2.45) is 5.41 Å². The van der Waals surface area contributed by atoms with Crippen LogP contribution in [0.3, 0.4) is 0 Å². The van der Waals surface area contributed by atoms with E-state index >= 15 is 0 Å². The topological polar surface area (TPSA) is 72.9 Å². The van der Waals surface area contributed by atoms with Gasteiger partial charge in [0, 0.05) is 30.7 Å². The van der Waals surface area contributed by atoms with E-state index in [2.05, 4.69) is 0 Å². The Morgan fingerprint density at radius 1 is 1.04 bits per heavy atom. The van der Waals surface area contributed by atoms with Gasteiger partial charge in [0.25, 0.3) is 0 Å². The largest absolute Gasteiger partial charge is 0.493 e. The molecule has 140 valence electrons. The number of Topliss-reactive ketones (excluding diaryl/α,β-unsaturated/α-hetero) is 2. The van der Waals surface area contributed by atoms with E-state index in [1.165, 1.54) is 26.0 Å². The number of hydrogen-bond donors (Lipinski definition) is 0. The molecule has 0 N–H and O–H groups in total. The fourth-order valence-electron chi connectivity index (χ4n) is 3.40. The lowest BCUT2D eigenvalue weighted by Crippen LogP contribution is -2.51. The molecule has 1 amide bonds. The molecule has 6 nitrogen and oxygen atoms in total. The smallest absolute Gasteiger partial charge is 0.241 e. The van der Waals surface area contributed by atoms with Crippen molar-refractivity contribution in [2.75, 3.05) is 26.2 Å². The fourth-order valence-corrected chi connectivity index (χ4v) is 3.40. The Kier molecular flexibility index (Phi) is 4.74. The summed E-state index contributed by atoms with van der Waals surface area (Å²) < 4.78 is 10.6. The second-order valence-electron chi connectivity index (χ2n) is 6.72. The lowest BCUT2D eigenvalue weighted by Gasteiger charge is -2.37. The zero-order valence-electron chi connectivity index (χ0n) is 15.7. The van der Waals surface area contributed by atoms with Crippen LogP contribution in [0.1, 0.15) is 34.1 Å². The van der Waals surface area contributed by atoms with E-state index in [4.69, 9.17) is 9.47 Å². The van der Waals surface area contributed by atoms with Crippen molar-refractivity contribution in [2.45, 2.75) is 13.3 Å². The lowest BCUT2D eigenvalue weighted by atomic mass is 9.73. The molecule has 1 unspecified atom stereocenters. The van der Waals surface area contributed by atoms with Gasteiger partial charge in [-0.3, -0.25) is 14.4 Å². The van der Waals surface area contributed by atoms with Crippen LogP contribution in [0.5, 0.6) is 11.5 Å². The van der Waals surface area contributed by atoms with Crippen molar-refractivity contribution in [3.05, 3.63) is 53.6 Å². The average molecular weight is 367 g/mol. The highest BCUT2D eigenvalue weighted by molar-refractivity contribution is 6.26. The van der Waals surface area contributed by atoms with Crippen molar-refractivity contribution < 1.29 is 23.9 Å². The monoisotopic (exact) mass is 367 g/mol. The van der Waals surface area contributed by atoms with Crippen molar-refractivity contribution in [1.82, 2.24) is 0 Å². The molecule has 0 aliphatic carbocycles. The van der Waals surface area contributed by atoms with E-state index in [1.54, 1.807) is 49.5 Å². The predicted molar refractivity (Wildman–Crippen MR) is 101 cm³/mol. The van der Waals surface area contributed by atoms with Gasteiger partial charge < -0.3 is 14.4 Å². The van der Waals surface area contributed by atoms with Crippen LogP contribution in [0.2, 0.25) is 0 Å². The van der Waals surface area contributed by atoms with Crippen LogP contribution in [0.25, 0.3) is 0 Å². The zero-order chi connectivity index (χ0) is 19.8. The lowest BCUT2D eigenvalue weighted by molar-refractivity contribution is -0.125. The van der Waals surface area contributed by atoms with Crippen LogP contribution < -0.4 is 14.4 Å². The molecule has 2 aromatic carbocycles. The summed E-state index contributed by atoms with van der Waals surface area (Å²) in [5, 5.41) is 0. The molecule has 3 rings (SSSR count). The van der Waals surface area contributed by atoms with E-state index in [0.29, 0.717) is 28.3 Å². The standard InChI is InChI=1S/C21H21NO5/c1-21(12-16(23)13-8-6-5-7-9-13)19(24)14-10-17(26-3)18(27-4)11-15(14)22(2)20(21)25/h5-11H,12H2,1-4H3. The molecular formula is C21H21NO5. The number of ether oxygens (including phenoxy) is 2. The van der Waals surface area contributed by atoms with Gasteiger partial charge in [0.15, 0.2) is 23.1 Å². The van der Waals surface area contributed by atoms with Gasteiger partial charge in [0.2, 0.25) is 5.91 Å². The predicted octanol–water partition coefficient (Wildman–Crippen LogP) is 3.14. The van der Waals surface area contributed by atoms with Crippen LogP contribution in [0, 0.1) is 5.41 Å². The molecule has 1 heterocycles. The van der Waals surface area contributed by atoms with Crippen LogP contribution in [0.4, 0.5) is 5.69 Å². The van der Waals surface area contributed by atoms with Gasteiger partial charge in [-0.1, -0.05) is 30.3 Å². The number of nitrogens with zero attached hydrogens (tertiary/aromatic N) is 1. The van der Waals surface area contributed by atoms with Gasteiger partial charge in [-0.25, -0.2) is 0 Å². The van der Waals surface area contributed by atoms with Crippen molar-refractivity contribution >= 4 is 23.2 Å². The summed E-state index contributed by atoms with van der Waals surface area (Å²) in [6, 6.07) is 11.8. The van der Waals surface area contributed by atoms with E-state index in [1.807, 2.05) is 0 Å². The normalized spacial score (nSPS) is 18.9. The summed E-state index contributed by atoms with van der Waals surface area (Å²) in [6.07, 6.45) is -0.202. The summed E-state index contributed by atoms with van der Waals surface area (Å²) in [5.41, 5.74) is -0.237. The number of anilines is 1. The number of amides is 1. The van der Waals surface area contributed by atoms with Gasteiger partial charge in [-0.2, -0.15) is 0 Å². The summed E-state index contributed by atoms with van der Waals surface area (Å²) in [7, 11) is 4.55. The fraction of sp³-hybridized carbons (Fsp3) is 0.286. The van der Waals surface area contributed by atoms with Crippen molar-refractivity contribution in [1.29, 1.82) is 0 Å². The molecule has 0 aromatic heterocycles. The maximum absolute atomic E-state index is 13.2. The molecular weight excluding hydrogens is 346 g/mol. The summed E-state index contributed by atoms with van der Waals surface area (Å²) >= 11 is 0. The van der Waals surface area contributed by atoms with Gasteiger partial charge in [0.05, 0.1) is 19.9 Å². The molecule has 1 aliphatic heterocycles. The summed E-state index contributed by atoms with van der Waals surface area (Å²) in [4.78, 5) is 40.3. The Morgan fingerprint density at radius 3 is 2.22 bits per heavy atom. The van der Waals surface area contributed by atoms with E-state index < -0.39 is 17.1 Å². The minimum absolute atomic E-state index is 0.202. The number of methoxy groups -OCH3 is 2. The van der Waals surface area contributed by atoms with E-state index in [9.17, 15) is 14.4 Å². The molecule has 1 atom stereocenters. The molecule has 0 fully saturated rings. The minimum atomic E-state index is -1.48. The van der Waals surface area contributed by atoms with E-state index in [-0.39, 0.29) is 12.2 Å². The highest BCUT2D eigenvalue weighted by atomic mass is 16.5. The second-order valence-corrected chi connectivity index (χ2v) is 6.72. The first-order chi connectivity index (χ1) is 12.8. The van der Waals surface area contributed by atoms with Gasteiger partial charge in [-0.05, 0) is 13.0 Å². The molecule has 27 heavy (non-hydrogen) atoms. The van der Waals surface area contributed by atoms with Crippen molar-refractivity contribution in [3.63, 3.8) is 0 Å². The Labute approximate surface area is 157 Å². The van der Waals surface area contributed by atoms with Crippen molar-refractivity contribution in [3.8, 4) is 11.5 Å². The number of carbonyl (C=O) groups is 3. The Hall–Kier alpha value is -3.15. The maximum Gasteiger partial charge on any atom is 0.241 e. The SMILES string of the molecule is COc1cc2c(cc1OC)N(C)C(=O)C(C)(CC(=O)c1ccccc1)C2=O. The minimum Gasteiger partial charge on any atom is -0.493 e. The number of hydrogen-bond acceptors (Lipinski definition) is 5. The number of rotatable bonds is 5. The molecule has 1 aliphatic rings. The molecule has 2 aromatic rings. The first-order valence-electron chi connectivity index (χ1n) is 8.50. The summed E-state index contributed by atoms with van der Waals surface area (Å²) in [6.45, 7) is 1.52. The number of benzene rings is 2. The number of fused-ring (bicyclic) bond motifs is 1. The molecule has 0 radical (unpaired) electrons. The molecule has 6 heteroatoms. The first kappa shape index (κ1) is 18.6. The highest BCUT2D eigenvalue weighted by Gasteiger charge is 2.50. The third kappa shape index (κ3) is 2.97. The van der Waals surface area contributed by atoms with Gasteiger partial charge >= 0.3 is 0 Å². The average Bonchev–Trinajstić information content (AvgIpc) is 2.70. The zero-order valence-corrected chi connectivity index (χ0v) is 15.7. The molecule has 0 bridgehead atoms. The maximum atomic E-state index is 13.2. The molecule has 0 saturated carbocycles. The Morgan fingerprint density at radius 2 is 1.63 bits per heavy atom. The van der Waals surface area contributed by atoms with Gasteiger partial charge in [0.1, 0.15) is 5.41 Å². The van der Waals surface area contributed by atoms with E-state index in [0.717, 1.165) is 0 Å². The number of ketones is 2. The number of carbonyl (C=O) groups excluding carboxylic acids is 3. The van der Waals surface area contributed by atoms with Gasteiger partial charge in [-0.15, -0.1) is 0 Å². The first-order valence-corrected chi connectivity index (χ1v) is 8.50. The Bertz CT molecular complexity index is 922. The quantitative estimate of drug-likeness (QED) is 0.600. The summed E-state index contributed by atoms with van der Waals surface area (Å²) in [5.74, 6) is -0.254. The third-order valence-electron chi connectivity index (χ3n) is 5.00. The van der Waals surface area contributed by atoms with Crippen LogP contribution in [-0.4, -0.2) is 38.7 Å². The van der Waals surface area contributed by atoms with Crippen LogP contribution >= 0.6 is 0 Å². The van der Waals surface area contributed by atoms with Crippen LogP contribution in [0.15, 0.2) is 42.5 Å². The molecule has 0 saturated heterocycles. The molecule has 0 spiro atoms. The highest BCUT2D eigenvalue weighted by Crippen LogP contribution is 2.44.